The predicted molar refractivity (Wildman–Crippen MR) is 267 cm³/mol. The Morgan fingerprint density at radius 2 is 1.21 bits per heavy atom. The van der Waals surface area contributed by atoms with Crippen molar-refractivity contribution in [3.8, 4) is 67.5 Å². The molecule has 8 rings (SSSR count). The number of phenols is 1. The van der Waals surface area contributed by atoms with Crippen molar-refractivity contribution in [3.63, 3.8) is 0 Å². The van der Waals surface area contributed by atoms with Crippen LogP contribution in [0.2, 0.25) is 0 Å². The maximum Gasteiger partial charge on any atom is 0.149 e. The summed E-state index contributed by atoms with van der Waals surface area (Å²) in [6.45, 7) is 17.8. The second-order valence-corrected chi connectivity index (χ2v) is 18.8. The topological polar surface area (TPSA) is 50.9 Å². The highest BCUT2D eigenvalue weighted by Crippen LogP contribution is 2.47. The zero-order chi connectivity index (χ0) is 47.2. The summed E-state index contributed by atoms with van der Waals surface area (Å²) in [6, 6.07) is 47.1. The Morgan fingerprint density at radius 3 is 1.86 bits per heavy atom. The molecule has 0 unspecified atom stereocenters. The molecule has 1 N–H and O–H groups in total. The highest BCUT2D eigenvalue weighted by atomic mass is 16.3. The lowest BCUT2D eigenvalue weighted by atomic mass is 9.68. The largest absolute Gasteiger partial charge is 0.507 e. The molecule has 0 aliphatic carbocycles. The molecule has 0 aliphatic rings. The number of imidazole rings is 1. The van der Waals surface area contributed by atoms with Gasteiger partial charge in [0.2, 0.25) is 0 Å². The molecule has 2 aromatic heterocycles. The Morgan fingerprint density at radius 1 is 0.571 bits per heavy atom. The predicted octanol–water partition coefficient (Wildman–Crippen LogP) is 16.2. The number of pyridine rings is 1. The number of nitrogens with zero attached hydrogens (tertiary/aromatic N) is 3. The Hall–Kier alpha value is -6.26. The molecule has 0 saturated carbocycles. The molecule has 4 heteroatoms. The molecule has 4 nitrogen and oxygen atoms in total. The Kier molecular flexibility index (Phi) is 10.8. The van der Waals surface area contributed by atoms with Gasteiger partial charge in [-0.2, -0.15) is 0 Å². The number of fused-ring (bicyclic) bond motifs is 1. The maximum atomic E-state index is 11.5. The van der Waals surface area contributed by atoms with E-state index in [1.807, 2.05) is 71.4 Å². The Bertz CT molecular complexity index is 3000. The summed E-state index contributed by atoms with van der Waals surface area (Å²) in [5.41, 5.74) is 13.7. The number of aromatic hydroxyl groups is 1. The van der Waals surface area contributed by atoms with Crippen LogP contribution in [0.4, 0.5) is 0 Å². The molecule has 0 amide bonds. The van der Waals surface area contributed by atoms with Crippen molar-refractivity contribution in [2.24, 2.45) is 0 Å². The highest BCUT2D eigenvalue weighted by molar-refractivity contribution is 5.97. The van der Waals surface area contributed by atoms with E-state index in [0.717, 1.165) is 81.4 Å². The van der Waals surface area contributed by atoms with Gasteiger partial charge in [-0.05, 0) is 153 Å². The van der Waals surface area contributed by atoms with Crippen LogP contribution < -0.4 is 0 Å². The van der Waals surface area contributed by atoms with Crippen LogP contribution in [0.15, 0.2) is 146 Å². The van der Waals surface area contributed by atoms with Gasteiger partial charge in [0, 0.05) is 21.4 Å². The van der Waals surface area contributed by atoms with Gasteiger partial charge in [-0.3, -0.25) is 9.55 Å². The molecule has 320 valence electrons. The van der Waals surface area contributed by atoms with Crippen LogP contribution >= 0.6 is 0 Å². The minimum absolute atomic E-state index is 0.0550. The first-order valence-electron chi connectivity index (χ1n) is 24.2. The first-order chi connectivity index (χ1) is 31.4. The number of hydrogen-bond acceptors (Lipinski definition) is 3. The normalized spacial score (nSPS) is 13.2. The molecule has 63 heavy (non-hydrogen) atoms. The van der Waals surface area contributed by atoms with Crippen LogP contribution in [0.5, 0.6) is 5.75 Å². The summed E-state index contributed by atoms with van der Waals surface area (Å²) in [4.78, 5) is 10.3. The molecule has 0 saturated heterocycles. The minimum Gasteiger partial charge on any atom is -0.507 e. The van der Waals surface area contributed by atoms with Gasteiger partial charge in [-0.15, -0.1) is 0 Å². The van der Waals surface area contributed by atoms with E-state index in [0.29, 0.717) is 22.6 Å². The molecule has 6 aromatic carbocycles. The summed E-state index contributed by atoms with van der Waals surface area (Å²) in [6.07, 6.45) is 5.66. The summed E-state index contributed by atoms with van der Waals surface area (Å²) in [5.74, 6) is 0.507. The van der Waals surface area contributed by atoms with E-state index in [1.54, 1.807) is 12.1 Å². The molecule has 0 atom stereocenters. The second-order valence-electron chi connectivity index (χ2n) is 18.8. The van der Waals surface area contributed by atoms with Crippen LogP contribution in [-0.2, 0) is 16.2 Å². The van der Waals surface area contributed by atoms with E-state index in [2.05, 4.69) is 129 Å². The third kappa shape index (κ3) is 8.01. The standard InChI is InChI=1S/C59H63N3O/c1-11-58(9,12-2)48-26-21-27-49(59(10,13-3)14-4)54(48)42-30-31-51(39(5)34-42)62-52-28-20-25-46(55(52)61-56(62)47-24-18-19-29-53(47)63)43-35-44(37-45(36-43)57(6,7)8)50-38-41(32-33-60-50)40-22-16-15-17-23-40/h15-38,63H,11-14H2,1-10H3/i5D3. The van der Waals surface area contributed by atoms with Crippen LogP contribution in [0, 0.1) is 6.85 Å². The Labute approximate surface area is 380 Å². The van der Waals surface area contributed by atoms with E-state index in [9.17, 15) is 9.22 Å². The fourth-order valence-electron chi connectivity index (χ4n) is 9.20. The molecule has 8 aromatic rings. The third-order valence-electron chi connectivity index (χ3n) is 14.1. The van der Waals surface area contributed by atoms with Gasteiger partial charge in [0.1, 0.15) is 11.6 Å². The number of aryl methyl sites for hydroxylation is 1. The third-order valence-corrected chi connectivity index (χ3v) is 14.1. The number of phenolic OH excluding ortho intramolecular Hbond substituents is 1. The average molecular weight is 833 g/mol. The number of para-hydroxylation sites is 2. The van der Waals surface area contributed by atoms with Gasteiger partial charge in [0.15, 0.2) is 0 Å². The number of hydrogen-bond donors (Lipinski definition) is 1. The van der Waals surface area contributed by atoms with E-state index >= 15 is 0 Å². The van der Waals surface area contributed by atoms with E-state index < -0.39 is 6.85 Å². The lowest BCUT2D eigenvalue weighted by Gasteiger charge is -2.36. The number of benzene rings is 6. The average Bonchev–Trinajstić information content (AvgIpc) is 3.72. The van der Waals surface area contributed by atoms with E-state index in [-0.39, 0.29) is 27.6 Å². The lowest BCUT2D eigenvalue weighted by Crippen LogP contribution is -2.25. The van der Waals surface area contributed by atoms with Crippen LogP contribution in [-0.4, -0.2) is 19.6 Å². The van der Waals surface area contributed by atoms with Crippen LogP contribution in [0.1, 0.15) is 114 Å². The van der Waals surface area contributed by atoms with Crippen molar-refractivity contribution in [2.45, 2.75) is 111 Å². The van der Waals surface area contributed by atoms with Crippen molar-refractivity contribution < 1.29 is 9.22 Å². The van der Waals surface area contributed by atoms with Gasteiger partial charge in [-0.1, -0.05) is 147 Å². The SMILES string of the molecule is [2H]C([2H])([2H])c1cc(-c2c(C(C)(CC)CC)cccc2C(C)(CC)CC)ccc1-n1c(-c2ccccc2O)nc2c(-c3cc(-c4cc(-c5ccccc5)ccn4)cc(C(C)(C)C)c3)cccc21. The monoisotopic (exact) mass is 833 g/mol. The highest BCUT2D eigenvalue weighted by Gasteiger charge is 2.33. The van der Waals surface area contributed by atoms with Crippen molar-refractivity contribution in [2.75, 3.05) is 0 Å². The number of aromatic nitrogens is 3. The summed E-state index contributed by atoms with van der Waals surface area (Å²) >= 11 is 0. The van der Waals surface area contributed by atoms with Crippen LogP contribution in [0.3, 0.4) is 0 Å². The van der Waals surface area contributed by atoms with Gasteiger partial charge < -0.3 is 5.11 Å². The quantitative estimate of drug-likeness (QED) is 0.133. The zero-order valence-electron chi connectivity index (χ0n) is 41.5. The smallest absolute Gasteiger partial charge is 0.149 e. The summed E-state index contributed by atoms with van der Waals surface area (Å²) < 4.78 is 29.5. The van der Waals surface area contributed by atoms with Crippen molar-refractivity contribution in [1.82, 2.24) is 14.5 Å². The minimum atomic E-state index is -2.50. The van der Waals surface area contributed by atoms with Crippen molar-refractivity contribution in [1.29, 1.82) is 0 Å². The van der Waals surface area contributed by atoms with E-state index in [4.69, 9.17) is 9.97 Å². The lowest BCUT2D eigenvalue weighted by molar-refractivity contribution is 0.426. The fourth-order valence-corrected chi connectivity index (χ4v) is 9.20. The molecule has 0 aliphatic heterocycles. The first kappa shape index (κ1) is 39.6. The molecular formula is C59H63N3O. The molecule has 0 spiro atoms. The van der Waals surface area contributed by atoms with Gasteiger partial charge in [0.25, 0.3) is 0 Å². The van der Waals surface area contributed by atoms with Crippen LogP contribution in [0.25, 0.3) is 72.7 Å². The van der Waals surface area contributed by atoms with Gasteiger partial charge >= 0.3 is 0 Å². The van der Waals surface area contributed by atoms with E-state index in [1.165, 1.54) is 11.1 Å². The zero-order valence-corrected chi connectivity index (χ0v) is 38.5. The van der Waals surface area contributed by atoms with Gasteiger partial charge in [-0.25, -0.2) is 4.98 Å². The number of rotatable bonds is 12. The van der Waals surface area contributed by atoms with Crippen molar-refractivity contribution >= 4 is 11.0 Å². The summed E-state index contributed by atoms with van der Waals surface area (Å²) in [7, 11) is 0. The van der Waals surface area contributed by atoms with Crippen molar-refractivity contribution in [3.05, 3.63) is 168 Å². The maximum absolute atomic E-state index is 11.5. The Balaban J connectivity index is 1.41. The first-order valence-corrected chi connectivity index (χ1v) is 22.7. The summed E-state index contributed by atoms with van der Waals surface area (Å²) in [5, 5.41) is 11.5. The molecular weight excluding hydrogens is 767 g/mol. The fraction of sp³-hybridized carbons (Fsp3) is 0.288. The van der Waals surface area contributed by atoms with Gasteiger partial charge in [0.05, 0.1) is 28.0 Å². The molecule has 0 bridgehead atoms. The molecule has 0 fully saturated rings. The molecule has 0 radical (unpaired) electrons. The second kappa shape index (κ2) is 17.1. The molecule has 2 heterocycles.